The smallest absolute Gasteiger partial charge is 0.275 e. The lowest BCUT2D eigenvalue weighted by Crippen LogP contribution is -2.29. The number of hydrogen-bond donors (Lipinski definition) is 2. The molecule has 1 heterocycles. The summed E-state index contributed by atoms with van der Waals surface area (Å²) in [6.45, 7) is -0.525. The molecule has 0 radical (unpaired) electrons. The number of amides is 1. The number of ether oxygens (including phenoxy) is 1. The fraction of sp³-hybridized carbons (Fsp3) is 0.375. The quantitative estimate of drug-likeness (QED) is 0.457. The van der Waals surface area contributed by atoms with Crippen molar-refractivity contribution in [1.82, 2.24) is 5.43 Å². The minimum atomic E-state index is -2.48. The standard InChI is InChI=1S/C8H10F2N2O2S/c9-7(10)4-14-3-5-1-2-6(15-5)8(13)12-11/h1-2,7H,3-4,11H2,(H,12,13). The highest BCUT2D eigenvalue weighted by molar-refractivity contribution is 7.14. The zero-order valence-corrected chi connectivity index (χ0v) is 8.52. The van der Waals surface area contributed by atoms with Gasteiger partial charge in [-0.1, -0.05) is 0 Å². The van der Waals surface area contributed by atoms with Gasteiger partial charge in [-0.25, -0.2) is 14.6 Å². The number of halogens is 2. The van der Waals surface area contributed by atoms with Crippen molar-refractivity contribution in [2.24, 2.45) is 5.84 Å². The number of carbonyl (C=O) groups is 1. The summed E-state index contributed by atoms with van der Waals surface area (Å²) in [7, 11) is 0. The topological polar surface area (TPSA) is 64.3 Å². The minimum absolute atomic E-state index is 0.0762. The van der Waals surface area contributed by atoms with E-state index in [1.165, 1.54) is 0 Å². The van der Waals surface area contributed by atoms with Crippen molar-refractivity contribution in [3.8, 4) is 0 Å². The van der Waals surface area contributed by atoms with Gasteiger partial charge in [-0.15, -0.1) is 11.3 Å². The molecular weight excluding hydrogens is 226 g/mol. The van der Waals surface area contributed by atoms with Crippen LogP contribution in [0.3, 0.4) is 0 Å². The third-order valence-corrected chi connectivity index (χ3v) is 2.56. The molecule has 0 atom stereocenters. The Hall–Kier alpha value is -1.05. The lowest BCUT2D eigenvalue weighted by atomic mass is 10.4. The first-order valence-corrected chi connectivity index (χ1v) is 4.90. The fourth-order valence-electron chi connectivity index (χ4n) is 0.897. The van der Waals surface area contributed by atoms with Gasteiger partial charge in [0, 0.05) is 4.88 Å². The molecule has 0 saturated heterocycles. The molecule has 0 unspecified atom stereocenters. The van der Waals surface area contributed by atoms with Gasteiger partial charge < -0.3 is 4.74 Å². The summed E-state index contributed by atoms with van der Waals surface area (Å²) in [6, 6.07) is 3.20. The van der Waals surface area contributed by atoms with E-state index < -0.39 is 18.9 Å². The zero-order valence-electron chi connectivity index (χ0n) is 7.70. The summed E-state index contributed by atoms with van der Waals surface area (Å²) in [5, 5.41) is 0. The van der Waals surface area contributed by atoms with Crippen LogP contribution < -0.4 is 11.3 Å². The normalized spacial score (nSPS) is 10.7. The molecule has 1 amide bonds. The molecular formula is C8H10F2N2O2S. The van der Waals surface area contributed by atoms with Crippen LogP contribution in [0.1, 0.15) is 14.5 Å². The molecule has 4 nitrogen and oxygen atoms in total. The number of rotatable bonds is 5. The van der Waals surface area contributed by atoms with Gasteiger partial charge in [-0.05, 0) is 12.1 Å². The van der Waals surface area contributed by atoms with Crippen LogP contribution >= 0.6 is 11.3 Å². The van der Waals surface area contributed by atoms with Gasteiger partial charge in [0.2, 0.25) is 0 Å². The van der Waals surface area contributed by atoms with E-state index >= 15 is 0 Å². The Morgan fingerprint density at radius 1 is 1.60 bits per heavy atom. The molecule has 0 aliphatic carbocycles. The Labute approximate surface area is 89.0 Å². The molecule has 0 fully saturated rings. The second kappa shape index (κ2) is 5.74. The van der Waals surface area contributed by atoms with Crippen molar-refractivity contribution >= 4 is 17.2 Å². The van der Waals surface area contributed by atoms with Gasteiger partial charge in [-0.3, -0.25) is 10.2 Å². The maximum Gasteiger partial charge on any atom is 0.275 e. The van der Waals surface area contributed by atoms with Gasteiger partial charge in [0.25, 0.3) is 12.3 Å². The van der Waals surface area contributed by atoms with Crippen molar-refractivity contribution < 1.29 is 18.3 Å². The molecule has 0 aliphatic heterocycles. The Morgan fingerprint density at radius 2 is 2.33 bits per heavy atom. The van der Waals surface area contributed by atoms with E-state index in [0.29, 0.717) is 9.75 Å². The molecule has 3 N–H and O–H groups in total. The average Bonchev–Trinajstić information content (AvgIpc) is 2.65. The number of nitrogens with two attached hydrogens (primary N) is 1. The van der Waals surface area contributed by atoms with Crippen LogP contribution in [0.15, 0.2) is 12.1 Å². The average molecular weight is 236 g/mol. The van der Waals surface area contributed by atoms with E-state index in [0.717, 1.165) is 11.3 Å². The van der Waals surface area contributed by atoms with Gasteiger partial charge in [-0.2, -0.15) is 0 Å². The molecule has 84 valence electrons. The summed E-state index contributed by atoms with van der Waals surface area (Å²) < 4.78 is 28.2. The number of nitrogens with one attached hydrogen (secondary N) is 1. The Balaban J connectivity index is 2.43. The second-order valence-corrected chi connectivity index (χ2v) is 3.81. The van der Waals surface area contributed by atoms with Crippen LogP contribution in [0.5, 0.6) is 0 Å². The molecule has 1 aromatic rings. The van der Waals surface area contributed by atoms with E-state index in [1.807, 2.05) is 5.43 Å². The number of hydrogen-bond acceptors (Lipinski definition) is 4. The van der Waals surface area contributed by atoms with Crippen LogP contribution in [0.25, 0.3) is 0 Å². The number of thiophene rings is 1. The Morgan fingerprint density at radius 3 is 2.93 bits per heavy atom. The predicted molar refractivity (Wildman–Crippen MR) is 51.6 cm³/mol. The molecule has 0 spiro atoms. The van der Waals surface area contributed by atoms with Crippen LogP contribution in [0.4, 0.5) is 8.78 Å². The highest BCUT2D eigenvalue weighted by Gasteiger charge is 2.08. The lowest BCUT2D eigenvalue weighted by Gasteiger charge is -2.00. The number of carbonyl (C=O) groups excluding carboxylic acids is 1. The highest BCUT2D eigenvalue weighted by atomic mass is 32.1. The van der Waals surface area contributed by atoms with E-state index in [4.69, 9.17) is 10.6 Å². The van der Waals surface area contributed by atoms with E-state index in [2.05, 4.69) is 0 Å². The molecule has 7 heteroatoms. The van der Waals surface area contributed by atoms with Crippen molar-refractivity contribution in [2.45, 2.75) is 13.0 Å². The van der Waals surface area contributed by atoms with Gasteiger partial charge >= 0.3 is 0 Å². The molecule has 1 aromatic heterocycles. The monoisotopic (exact) mass is 236 g/mol. The predicted octanol–water partition coefficient (Wildman–Crippen LogP) is 1.13. The summed E-state index contributed by atoms with van der Waals surface area (Å²) in [6.07, 6.45) is -2.48. The van der Waals surface area contributed by atoms with Gasteiger partial charge in [0.15, 0.2) is 0 Å². The molecule has 1 rings (SSSR count). The first-order valence-electron chi connectivity index (χ1n) is 4.09. The maximum atomic E-state index is 11.7. The van der Waals surface area contributed by atoms with Crippen molar-refractivity contribution in [3.05, 3.63) is 21.9 Å². The summed E-state index contributed by atoms with van der Waals surface area (Å²) in [5.74, 6) is 4.53. The van der Waals surface area contributed by atoms with Crippen LogP contribution in [0.2, 0.25) is 0 Å². The van der Waals surface area contributed by atoms with Crippen LogP contribution in [-0.2, 0) is 11.3 Å². The summed E-state index contributed by atoms with van der Waals surface area (Å²) >= 11 is 1.16. The Kier molecular flexibility index (Phi) is 4.60. The first kappa shape index (κ1) is 12.0. The summed E-state index contributed by atoms with van der Waals surface area (Å²) in [5.41, 5.74) is 1.98. The Bertz CT molecular complexity index is 330. The number of alkyl halides is 2. The van der Waals surface area contributed by atoms with E-state index in [-0.39, 0.29) is 6.61 Å². The fourth-order valence-corrected chi connectivity index (χ4v) is 1.75. The second-order valence-electron chi connectivity index (χ2n) is 2.65. The molecule has 0 aliphatic rings. The van der Waals surface area contributed by atoms with Crippen molar-refractivity contribution in [2.75, 3.05) is 6.61 Å². The van der Waals surface area contributed by atoms with Crippen LogP contribution in [0, 0.1) is 0 Å². The van der Waals surface area contributed by atoms with Crippen molar-refractivity contribution in [1.29, 1.82) is 0 Å². The zero-order chi connectivity index (χ0) is 11.3. The molecule has 0 saturated carbocycles. The lowest BCUT2D eigenvalue weighted by molar-refractivity contribution is 0.0108. The van der Waals surface area contributed by atoms with Gasteiger partial charge in [0.1, 0.15) is 6.61 Å². The third kappa shape index (κ3) is 3.90. The van der Waals surface area contributed by atoms with Gasteiger partial charge in [0.05, 0.1) is 11.5 Å². The van der Waals surface area contributed by atoms with E-state index in [9.17, 15) is 13.6 Å². The van der Waals surface area contributed by atoms with E-state index in [1.54, 1.807) is 12.1 Å². The van der Waals surface area contributed by atoms with Crippen molar-refractivity contribution in [3.63, 3.8) is 0 Å². The number of hydrazine groups is 1. The number of nitrogen functional groups attached to an aromatic ring is 1. The third-order valence-electron chi connectivity index (χ3n) is 1.50. The largest absolute Gasteiger partial charge is 0.370 e. The minimum Gasteiger partial charge on any atom is -0.370 e. The molecule has 0 bridgehead atoms. The molecule has 15 heavy (non-hydrogen) atoms. The maximum absolute atomic E-state index is 11.7. The SMILES string of the molecule is NNC(=O)c1ccc(COCC(F)F)s1. The summed E-state index contributed by atoms with van der Waals surface area (Å²) in [4.78, 5) is 12.1. The first-order chi connectivity index (χ1) is 7.13. The van der Waals surface area contributed by atoms with Crippen LogP contribution in [-0.4, -0.2) is 18.9 Å². The molecule has 0 aromatic carbocycles. The highest BCUT2D eigenvalue weighted by Crippen LogP contribution is 2.17.